The lowest BCUT2D eigenvalue weighted by atomic mass is 10.0. The van der Waals surface area contributed by atoms with E-state index in [4.69, 9.17) is 9.47 Å². The molecule has 2 heterocycles. The molecule has 1 amide bonds. The second-order valence-electron chi connectivity index (χ2n) is 7.96. The Morgan fingerprint density at radius 3 is 2.54 bits per heavy atom. The summed E-state index contributed by atoms with van der Waals surface area (Å²) in [5.41, 5.74) is 3.49. The van der Waals surface area contributed by atoms with Gasteiger partial charge in [0.2, 0.25) is 0 Å². The van der Waals surface area contributed by atoms with Gasteiger partial charge in [-0.1, -0.05) is 42.5 Å². The number of halogens is 1. The average Bonchev–Trinajstić information content (AvgIpc) is 2.89. The van der Waals surface area contributed by atoms with Crippen molar-refractivity contribution >= 4 is 16.8 Å². The van der Waals surface area contributed by atoms with E-state index in [0.29, 0.717) is 36.2 Å². The molecule has 2 N–H and O–H groups in total. The van der Waals surface area contributed by atoms with E-state index in [-0.39, 0.29) is 30.5 Å². The van der Waals surface area contributed by atoms with E-state index in [9.17, 15) is 14.3 Å². The third-order valence-corrected chi connectivity index (χ3v) is 5.44. The number of fused-ring (bicyclic) bond motifs is 1. The van der Waals surface area contributed by atoms with Crippen LogP contribution in [0.5, 0.6) is 5.75 Å². The van der Waals surface area contributed by atoms with Crippen molar-refractivity contribution in [3.63, 3.8) is 0 Å². The molecule has 8 heteroatoms. The van der Waals surface area contributed by atoms with E-state index < -0.39 is 5.91 Å². The number of pyridine rings is 2. The maximum Gasteiger partial charge on any atom is 0.273 e. The number of methoxy groups -OCH3 is 1. The molecular weight excluding hydrogens is 449 g/mol. The molecule has 0 fully saturated rings. The van der Waals surface area contributed by atoms with Crippen molar-refractivity contribution in [3.05, 3.63) is 101 Å². The number of carbonyl (C=O) groups excluding carboxylic acids is 1. The van der Waals surface area contributed by atoms with Crippen molar-refractivity contribution in [3.8, 4) is 5.75 Å². The zero-order valence-corrected chi connectivity index (χ0v) is 19.3. The number of aliphatic hydroxyl groups is 1. The Morgan fingerprint density at radius 2 is 1.83 bits per heavy atom. The lowest BCUT2D eigenvalue weighted by Gasteiger charge is -2.16. The first-order valence-corrected chi connectivity index (χ1v) is 11.2. The van der Waals surface area contributed by atoms with E-state index in [1.165, 1.54) is 12.1 Å². The van der Waals surface area contributed by atoms with Crippen LogP contribution in [0.4, 0.5) is 4.39 Å². The summed E-state index contributed by atoms with van der Waals surface area (Å²) < 4.78 is 24.4. The van der Waals surface area contributed by atoms with Crippen molar-refractivity contribution in [2.45, 2.75) is 19.6 Å². The summed E-state index contributed by atoms with van der Waals surface area (Å²) in [4.78, 5) is 22.0. The molecule has 4 rings (SSSR count). The molecule has 0 atom stereocenters. The van der Waals surface area contributed by atoms with Crippen LogP contribution in [0, 0.1) is 5.82 Å². The molecule has 0 aliphatic heterocycles. The first-order chi connectivity index (χ1) is 17.1. The molecule has 0 spiro atoms. The van der Waals surface area contributed by atoms with Crippen LogP contribution in [0.25, 0.3) is 10.9 Å². The smallest absolute Gasteiger partial charge is 0.273 e. The van der Waals surface area contributed by atoms with Gasteiger partial charge in [-0.25, -0.2) is 9.37 Å². The highest BCUT2D eigenvalue weighted by Gasteiger charge is 2.22. The maximum atomic E-state index is 13.3. The van der Waals surface area contributed by atoms with Crippen molar-refractivity contribution < 1.29 is 23.8 Å². The lowest BCUT2D eigenvalue weighted by Crippen LogP contribution is -2.28. The van der Waals surface area contributed by atoms with Gasteiger partial charge in [0.1, 0.15) is 17.9 Å². The van der Waals surface area contributed by atoms with Crippen LogP contribution < -0.4 is 10.1 Å². The molecular formula is C27H26FN3O4. The van der Waals surface area contributed by atoms with Gasteiger partial charge in [-0.2, -0.15) is 0 Å². The molecule has 2 aromatic carbocycles. The van der Waals surface area contributed by atoms with Crippen LogP contribution in [0.2, 0.25) is 0 Å². The van der Waals surface area contributed by atoms with Gasteiger partial charge in [0.25, 0.3) is 5.91 Å². The topological polar surface area (TPSA) is 93.6 Å². The highest BCUT2D eigenvalue weighted by molar-refractivity contribution is 6.01. The number of amides is 1. The fourth-order valence-electron chi connectivity index (χ4n) is 3.69. The van der Waals surface area contributed by atoms with Gasteiger partial charge in [-0.3, -0.25) is 9.78 Å². The summed E-state index contributed by atoms with van der Waals surface area (Å²) in [6.07, 6.45) is 2.21. The van der Waals surface area contributed by atoms with Crippen LogP contribution in [0.3, 0.4) is 0 Å². The fourth-order valence-corrected chi connectivity index (χ4v) is 3.69. The van der Waals surface area contributed by atoms with Gasteiger partial charge < -0.3 is 19.9 Å². The predicted molar refractivity (Wildman–Crippen MR) is 130 cm³/mol. The Hall–Kier alpha value is -3.88. The van der Waals surface area contributed by atoms with E-state index >= 15 is 0 Å². The Labute approximate surface area is 202 Å². The lowest BCUT2D eigenvalue weighted by molar-refractivity contribution is 0.0927. The molecule has 0 aliphatic rings. The number of hydrogen-bond acceptors (Lipinski definition) is 6. The second-order valence-corrected chi connectivity index (χ2v) is 7.96. The van der Waals surface area contributed by atoms with Crippen LogP contribution in [-0.4, -0.2) is 41.2 Å². The molecule has 0 saturated carbocycles. The van der Waals surface area contributed by atoms with Crippen molar-refractivity contribution in [2.75, 3.05) is 20.3 Å². The van der Waals surface area contributed by atoms with Gasteiger partial charge in [0.15, 0.2) is 11.4 Å². The molecule has 0 bridgehead atoms. The molecule has 35 heavy (non-hydrogen) atoms. The summed E-state index contributed by atoms with van der Waals surface area (Å²) in [6.45, 7) is 0.478. The Morgan fingerprint density at radius 1 is 1.06 bits per heavy atom. The number of aliphatic hydroxyl groups excluding tert-OH is 1. The molecule has 4 aromatic rings. The number of nitrogens with zero attached hydrogens (tertiary/aromatic N) is 2. The first-order valence-electron chi connectivity index (χ1n) is 11.2. The number of aromatic nitrogens is 2. The highest BCUT2D eigenvalue weighted by Crippen LogP contribution is 2.31. The molecule has 0 radical (unpaired) electrons. The zero-order valence-electron chi connectivity index (χ0n) is 19.3. The monoisotopic (exact) mass is 475 g/mol. The van der Waals surface area contributed by atoms with E-state index in [1.807, 2.05) is 36.4 Å². The van der Waals surface area contributed by atoms with E-state index in [1.54, 1.807) is 25.4 Å². The average molecular weight is 476 g/mol. The van der Waals surface area contributed by atoms with Crippen LogP contribution in [0.15, 0.2) is 66.9 Å². The number of benzene rings is 2. The number of nitrogens with one attached hydrogen (secondary N) is 1. The maximum absolute atomic E-state index is 13.3. The molecule has 0 unspecified atom stereocenters. The normalized spacial score (nSPS) is 10.9. The highest BCUT2D eigenvalue weighted by atomic mass is 19.1. The minimum atomic E-state index is -0.445. The molecule has 0 saturated heterocycles. The Kier molecular flexibility index (Phi) is 7.97. The number of ether oxygens (including phenoxy) is 2. The second kappa shape index (κ2) is 11.5. The van der Waals surface area contributed by atoms with Crippen LogP contribution in [0.1, 0.15) is 32.9 Å². The third-order valence-electron chi connectivity index (χ3n) is 5.44. The largest absolute Gasteiger partial charge is 0.484 e. The number of rotatable bonds is 10. The predicted octanol–water partition coefficient (Wildman–Crippen LogP) is 3.81. The fraction of sp³-hybridized carbons (Fsp3) is 0.222. The van der Waals surface area contributed by atoms with Gasteiger partial charge in [0.05, 0.1) is 18.9 Å². The van der Waals surface area contributed by atoms with Gasteiger partial charge in [0, 0.05) is 25.2 Å². The molecule has 0 aliphatic carbocycles. The van der Waals surface area contributed by atoms with Crippen LogP contribution >= 0.6 is 0 Å². The van der Waals surface area contributed by atoms with Gasteiger partial charge in [-0.05, 0) is 41.3 Å². The zero-order chi connectivity index (χ0) is 24.6. The van der Waals surface area contributed by atoms with Crippen molar-refractivity contribution in [2.24, 2.45) is 0 Å². The quantitative estimate of drug-likeness (QED) is 0.339. The standard InChI is InChI=1S/C27H26FN3O4/c1-34-12-11-29-27(33)25-26(35-17-19-5-3-2-4-6-19)24-22(23(16-32)31-25)14-20(15-30-24)13-18-7-9-21(28)10-8-18/h2-10,14-15,32H,11-13,16-17H2,1H3,(H,29,33). The van der Waals surface area contributed by atoms with E-state index in [2.05, 4.69) is 15.3 Å². The Bertz CT molecular complexity index is 1300. The molecule has 180 valence electrons. The van der Waals surface area contributed by atoms with E-state index in [0.717, 1.165) is 16.7 Å². The minimum absolute atomic E-state index is 0.0485. The van der Waals surface area contributed by atoms with Crippen molar-refractivity contribution in [1.82, 2.24) is 15.3 Å². The van der Waals surface area contributed by atoms with Crippen molar-refractivity contribution in [1.29, 1.82) is 0 Å². The Balaban J connectivity index is 1.74. The molecule has 2 aromatic heterocycles. The summed E-state index contributed by atoms with van der Waals surface area (Å²) in [5, 5.41) is 13.4. The number of hydrogen-bond donors (Lipinski definition) is 2. The summed E-state index contributed by atoms with van der Waals surface area (Å²) in [5.74, 6) is -0.503. The first kappa shape index (κ1) is 24.3. The summed E-state index contributed by atoms with van der Waals surface area (Å²) in [7, 11) is 1.55. The van der Waals surface area contributed by atoms with Gasteiger partial charge >= 0.3 is 0 Å². The van der Waals surface area contributed by atoms with Gasteiger partial charge in [-0.15, -0.1) is 0 Å². The van der Waals surface area contributed by atoms with Crippen LogP contribution in [-0.2, 0) is 24.4 Å². The SMILES string of the molecule is COCCNC(=O)c1nc(CO)c2cc(Cc3ccc(F)cc3)cnc2c1OCc1ccccc1. The third kappa shape index (κ3) is 5.98. The minimum Gasteiger partial charge on any atom is -0.484 e. The summed E-state index contributed by atoms with van der Waals surface area (Å²) in [6, 6.07) is 17.7. The summed E-state index contributed by atoms with van der Waals surface area (Å²) >= 11 is 0. The molecule has 7 nitrogen and oxygen atoms in total. The number of carbonyl (C=O) groups is 1.